The molecule has 15 heavy (non-hydrogen) atoms. The molecule has 0 aliphatic heterocycles. The molecule has 1 amide bonds. The highest BCUT2D eigenvalue weighted by Crippen LogP contribution is 2.20. The normalized spacial score (nSPS) is 10.8. The van der Waals surface area contributed by atoms with E-state index in [-0.39, 0.29) is 18.2 Å². The molecule has 0 saturated carbocycles. The van der Waals surface area contributed by atoms with Gasteiger partial charge in [0.15, 0.2) is 5.06 Å². The van der Waals surface area contributed by atoms with Gasteiger partial charge in [-0.2, -0.15) is 0 Å². The number of amides is 1. The predicted molar refractivity (Wildman–Crippen MR) is 62.5 cm³/mol. The highest BCUT2D eigenvalue weighted by Gasteiger charge is 2.22. The first-order valence-corrected chi connectivity index (χ1v) is 5.94. The number of ether oxygens (including phenoxy) is 1. The fourth-order valence-electron chi connectivity index (χ4n) is 1.48. The Hall–Kier alpha value is -1.03. The Morgan fingerprint density at radius 3 is 2.33 bits per heavy atom. The summed E-state index contributed by atoms with van der Waals surface area (Å²) < 4.78 is 5.24. The lowest BCUT2D eigenvalue weighted by atomic mass is 10.2. The topological polar surface area (TPSA) is 29.5 Å². The summed E-state index contributed by atoms with van der Waals surface area (Å²) in [4.78, 5) is 13.5. The molecule has 1 heterocycles. The van der Waals surface area contributed by atoms with Crippen LogP contribution in [0.5, 0.6) is 5.06 Å². The third-order valence-electron chi connectivity index (χ3n) is 2.01. The van der Waals surface area contributed by atoms with Crippen LogP contribution in [-0.2, 0) is 0 Å². The van der Waals surface area contributed by atoms with Crippen LogP contribution >= 0.6 is 11.3 Å². The van der Waals surface area contributed by atoms with Gasteiger partial charge in [0.2, 0.25) is 0 Å². The highest BCUT2D eigenvalue weighted by molar-refractivity contribution is 7.11. The van der Waals surface area contributed by atoms with Gasteiger partial charge in [-0.25, -0.2) is 4.79 Å². The Bertz CT molecular complexity index is 298. The highest BCUT2D eigenvalue weighted by atomic mass is 32.1. The zero-order valence-corrected chi connectivity index (χ0v) is 10.4. The van der Waals surface area contributed by atoms with Gasteiger partial charge in [0.1, 0.15) is 0 Å². The summed E-state index contributed by atoms with van der Waals surface area (Å²) in [6.07, 6.45) is -0.276. The molecule has 1 aromatic heterocycles. The molecule has 4 heteroatoms. The Kier molecular flexibility index (Phi) is 4.15. The van der Waals surface area contributed by atoms with Crippen molar-refractivity contribution in [3.05, 3.63) is 17.5 Å². The van der Waals surface area contributed by atoms with Crippen molar-refractivity contribution in [1.82, 2.24) is 4.90 Å². The molecule has 0 fully saturated rings. The van der Waals surface area contributed by atoms with Crippen molar-refractivity contribution in [1.29, 1.82) is 0 Å². The van der Waals surface area contributed by atoms with Crippen LogP contribution in [0.1, 0.15) is 27.7 Å². The SMILES string of the molecule is CC(C)N(C(=O)Oc1cccs1)C(C)C. The van der Waals surface area contributed by atoms with Gasteiger partial charge in [-0.05, 0) is 45.2 Å². The monoisotopic (exact) mass is 227 g/mol. The Morgan fingerprint density at radius 1 is 1.33 bits per heavy atom. The van der Waals surface area contributed by atoms with Gasteiger partial charge >= 0.3 is 6.09 Å². The van der Waals surface area contributed by atoms with Gasteiger partial charge in [-0.15, -0.1) is 11.3 Å². The van der Waals surface area contributed by atoms with Crippen molar-refractivity contribution >= 4 is 17.4 Å². The number of carbonyl (C=O) groups is 1. The molecule has 1 rings (SSSR count). The lowest BCUT2D eigenvalue weighted by Crippen LogP contribution is -2.43. The van der Waals surface area contributed by atoms with E-state index in [1.165, 1.54) is 11.3 Å². The lowest BCUT2D eigenvalue weighted by Gasteiger charge is -2.29. The van der Waals surface area contributed by atoms with Crippen LogP contribution in [0.2, 0.25) is 0 Å². The fourth-order valence-corrected chi connectivity index (χ4v) is 2.05. The lowest BCUT2D eigenvalue weighted by molar-refractivity contribution is 0.124. The molecule has 1 aromatic rings. The maximum atomic E-state index is 11.8. The summed E-state index contributed by atoms with van der Waals surface area (Å²) in [6, 6.07) is 3.96. The van der Waals surface area contributed by atoms with E-state index in [1.807, 2.05) is 39.1 Å². The molecule has 0 aromatic carbocycles. The number of rotatable bonds is 3. The van der Waals surface area contributed by atoms with Crippen LogP contribution in [0.25, 0.3) is 0 Å². The first kappa shape index (κ1) is 12.0. The van der Waals surface area contributed by atoms with E-state index in [4.69, 9.17) is 4.74 Å². The van der Waals surface area contributed by atoms with Crippen molar-refractivity contribution in [2.45, 2.75) is 39.8 Å². The first-order chi connectivity index (χ1) is 7.02. The third-order valence-corrected chi connectivity index (χ3v) is 2.75. The van der Waals surface area contributed by atoms with Crippen molar-refractivity contribution < 1.29 is 9.53 Å². The number of carbonyl (C=O) groups excluding carboxylic acids is 1. The van der Waals surface area contributed by atoms with Crippen molar-refractivity contribution in [2.75, 3.05) is 0 Å². The van der Waals surface area contributed by atoms with Gasteiger partial charge in [-0.3, -0.25) is 0 Å². The molecule has 3 nitrogen and oxygen atoms in total. The largest absolute Gasteiger partial charge is 0.416 e. The van der Waals surface area contributed by atoms with E-state index in [0.29, 0.717) is 5.06 Å². The smallest absolute Gasteiger partial charge is 0.399 e. The number of hydrogen-bond acceptors (Lipinski definition) is 3. The minimum absolute atomic E-state index is 0.150. The first-order valence-electron chi connectivity index (χ1n) is 5.06. The molecule has 0 spiro atoms. The molecule has 0 unspecified atom stereocenters. The molecule has 84 valence electrons. The zero-order chi connectivity index (χ0) is 11.4. The average molecular weight is 227 g/mol. The molecular formula is C11H17NO2S. The van der Waals surface area contributed by atoms with Gasteiger partial charge in [0.05, 0.1) is 0 Å². The van der Waals surface area contributed by atoms with Gasteiger partial charge in [0.25, 0.3) is 0 Å². The van der Waals surface area contributed by atoms with E-state index < -0.39 is 0 Å². The maximum Gasteiger partial charge on any atom is 0.416 e. The second-order valence-corrected chi connectivity index (χ2v) is 4.81. The summed E-state index contributed by atoms with van der Waals surface area (Å²) >= 11 is 1.42. The molecule has 0 aliphatic rings. The van der Waals surface area contributed by atoms with Crippen molar-refractivity contribution in [3.63, 3.8) is 0 Å². The third kappa shape index (κ3) is 3.23. The fraction of sp³-hybridized carbons (Fsp3) is 0.545. The van der Waals surface area contributed by atoms with Gasteiger partial charge in [-0.1, -0.05) is 0 Å². The van der Waals surface area contributed by atoms with Crippen LogP contribution in [0.3, 0.4) is 0 Å². The van der Waals surface area contributed by atoms with Crippen LogP contribution < -0.4 is 4.74 Å². The molecule has 0 aliphatic carbocycles. The second-order valence-electron chi connectivity index (χ2n) is 3.89. The number of nitrogens with zero attached hydrogens (tertiary/aromatic N) is 1. The molecule has 0 saturated heterocycles. The minimum atomic E-state index is -0.276. The van der Waals surface area contributed by atoms with E-state index in [1.54, 1.807) is 11.0 Å². The van der Waals surface area contributed by atoms with E-state index in [0.717, 1.165) is 0 Å². The van der Waals surface area contributed by atoms with E-state index in [9.17, 15) is 4.79 Å². The molecule has 0 bridgehead atoms. The standard InChI is InChI=1S/C11H17NO2S/c1-8(2)12(9(3)4)11(13)14-10-6-5-7-15-10/h5-9H,1-4H3. The Morgan fingerprint density at radius 2 is 1.93 bits per heavy atom. The summed E-state index contributed by atoms with van der Waals surface area (Å²) in [5.41, 5.74) is 0. The van der Waals surface area contributed by atoms with Crippen LogP contribution in [-0.4, -0.2) is 23.1 Å². The molecular weight excluding hydrogens is 210 g/mol. The van der Waals surface area contributed by atoms with Crippen molar-refractivity contribution in [2.24, 2.45) is 0 Å². The molecule has 0 N–H and O–H groups in total. The maximum absolute atomic E-state index is 11.8. The van der Waals surface area contributed by atoms with Crippen LogP contribution in [0.15, 0.2) is 17.5 Å². The predicted octanol–water partition coefficient (Wildman–Crippen LogP) is 3.37. The quantitative estimate of drug-likeness (QED) is 0.792. The van der Waals surface area contributed by atoms with Gasteiger partial charge < -0.3 is 9.64 Å². The molecule has 0 atom stereocenters. The van der Waals surface area contributed by atoms with Crippen LogP contribution in [0.4, 0.5) is 4.79 Å². The summed E-state index contributed by atoms with van der Waals surface area (Å²) in [7, 11) is 0. The Balaban J connectivity index is 2.65. The second kappa shape index (κ2) is 5.16. The average Bonchev–Trinajstić information content (AvgIpc) is 2.54. The zero-order valence-electron chi connectivity index (χ0n) is 9.56. The van der Waals surface area contributed by atoms with Crippen molar-refractivity contribution in [3.8, 4) is 5.06 Å². The number of hydrogen-bond donors (Lipinski definition) is 0. The summed E-state index contributed by atoms with van der Waals surface area (Å²) in [6.45, 7) is 7.93. The Labute approximate surface area is 94.7 Å². The summed E-state index contributed by atoms with van der Waals surface area (Å²) in [5, 5.41) is 2.53. The van der Waals surface area contributed by atoms with E-state index >= 15 is 0 Å². The summed E-state index contributed by atoms with van der Waals surface area (Å²) in [5.74, 6) is 0. The molecule has 0 radical (unpaired) electrons. The van der Waals surface area contributed by atoms with E-state index in [2.05, 4.69) is 0 Å². The minimum Gasteiger partial charge on any atom is -0.399 e. The number of thiophene rings is 1. The van der Waals surface area contributed by atoms with Crippen LogP contribution in [0, 0.1) is 0 Å². The van der Waals surface area contributed by atoms with Gasteiger partial charge in [0, 0.05) is 12.1 Å².